The Labute approximate surface area is 193 Å². The van der Waals surface area contributed by atoms with Crippen molar-refractivity contribution in [3.8, 4) is 0 Å². The zero-order valence-electron chi connectivity index (χ0n) is 18.3. The molecule has 0 aromatic heterocycles. The smallest absolute Gasteiger partial charge is 0.338 e. The van der Waals surface area contributed by atoms with Crippen molar-refractivity contribution >= 4 is 16.9 Å². The molecule has 32 heavy (non-hydrogen) atoms. The van der Waals surface area contributed by atoms with E-state index in [4.69, 9.17) is 4.74 Å². The van der Waals surface area contributed by atoms with Gasteiger partial charge < -0.3 is 4.74 Å². The fraction of sp³-hybridized carbons (Fsp3) is 0.345. The van der Waals surface area contributed by atoms with Crippen molar-refractivity contribution < 1.29 is 9.53 Å². The summed E-state index contributed by atoms with van der Waals surface area (Å²) in [4.78, 5) is 16.9. The van der Waals surface area contributed by atoms with Gasteiger partial charge in [0.2, 0.25) is 0 Å². The first-order valence-corrected chi connectivity index (χ1v) is 13.1. The number of carbonyl (C=O) groups is 1. The third kappa shape index (κ3) is 3.77. The molecule has 3 heteroatoms. The molecule has 0 heterocycles. The molecular formula is C29H29O2S+. The van der Waals surface area contributed by atoms with E-state index in [9.17, 15) is 4.79 Å². The number of esters is 1. The minimum Gasteiger partial charge on any atom is -0.455 e. The first kappa shape index (κ1) is 20.1. The molecule has 3 aromatic rings. The maximum atomic E-state index is 13.1. The van der Waals surface area contributed by atoms with Crippen LogP contribution in [-0.4, -0.2) is 11.6 Å². The van der Waals surface area contributed by atoms with Gasteiger partial charge in [0.1, 0.15) is 5.60 Å². The average Bonchev–Trinajstić information content (AvgIpc) is 2.80. The zero-order chi connectivity index (χ0) is 21.5. The fourth-order valence-corrected chi connectivity index (χ4v) is 8.74. The van der Waals surface area contributed by atoms with Crippen LogP contribution in [-0.2, 0) is 15.6 Å². The second-order valence-corrected chi connectivity index (χ2v) is 12.0. The maximum absolute atomic E-state index is 13.1. The summed E-state index contributed by atoms with van der Waals surface area (Å²) >= 11 is 0. The fourth-order valence-electron chi connectivity index (χ4n) is 6.66. The summed E-state index contributed by atoms with van der Waals surface area (Å²) in [5.74, 6) is 2.18. The van der Waals surface area contributed by atoms with Crippen LogP contribution >= 0.6 is 0 Å². The van der Waals surface area contributed by atoms with Crippen molar-refractivity contribution in [3.05, 3.63) is 90.5 Å². The highest BCUT2D eigenvalue weighted by Crippen LogP contribution is 2.57. The van der Waals surface area contributed by atoms with E-state index >= 15 is 0 Å². The molecule has 0 radical (unpaired) electrons. The van der Waals surface area contributed by atoms with Gasteiger partial charge in [0.05, 0.1) is 16.5 Å². The lowest BCUT2D eigenvalue weighted by atomic mass is 9.54. The molecule has 0 amide bonds. The molecule has 4 fully saturated rings. The summed E-state index contributed by atoms with van der Waals surface area (Å²) in [5.41, 5.74) is 0.484. The Kier molecular flexibility index (Phi) is 5.10. The first-order chi connectivity index (χ1) is 15.7. The minimum absolute atomic E-state index is 0.141. The van der Waals surface area contributed by atoms with E-state index in [1.54, 1.807) is 0 Å². The van der Waals surface area contributed by atoms with E-state index in [1.807, 2.05) is 12.1 Å². The molecule has 0 N–H and O–H groups in total. The minimum atomic E-state index is -0.199. The maximum Gasteiger partial charge on any atom is 0.338 e. The van der Waals surface area contributed by atoms with Gasteiger partial charge in [-0.25, -0.2) is 4.79 Å². The number of hydrogen-bond donors (Lipinski definition) is 0. The van der Waals surface area contributed by atoms with E-state index < -0.39 is 0 Å². The number of carbonyl (C=O) groups excluding carboxylic acids is 1. The van der Waals surface area contributed by atoms with Gasteiger partial charge in [0.15, 0.2) is 14.7 Å². The van der Waals surface area contributed by atoms with Crippen molar-refractivity contribution in [1.82, 2.24) is 0 Å². The van der Waals surface area contributed by atoms with Crippen molar-refractivity contribution in [1.29, 1.82) is 0 Å². The van der Waals surface area contributed by atoms with Gasteiger partial charge in [0.25, 0.3) is 0 Å². The number of rotatable bonds is 5. The van der Waals surface area contributed by atoms with Gasteiger partial charge >= 0.3 is 5.97 Å². The highest BCUT2D eigenvalue weighted by molar-refractivity contribution is 7.97. The van der Waals surface area contributed by atoms with E-state index in [2.05, 4.69) is 72.8 Å². The summed E-state index contributed by atoms with van der Waals surface area (Å²) in [7, 11) is -0.199. The Morgan fingerprint density at radius 1 is 0.656 bits per heavy atom. The van der Waals surface area contributed by atoms with Gasteiger partial charge in [-0.05, 0) is 105 Å². The molecule has 7 rings (SSSR count). The quantitative estimate of drug-likeness (QED) is 0.318. The first-order valence-electron chi connectivity index (χ1n) is 11.9. The van der Waals surface area contributed by atoms with Gasteiger partial charge in [-0.15, -0.1) is 0 Å². The van der Waals surface area contributed by atoms with E-state index in [1.165, 1.54) is 33.9 Å². The standard InChI is InChI=1S/C29H29O2S/c30-28(31-29-18-21-15-22(19-29)17-23(16-21)20-29)24-11-13-27(14-12-24)32(25-7-3-1-4-8-25)26-9-5-2-6-10-26/h1-14,21-23H,15-20H2/q+1. The van der Waals surface area contributed by atoms with Crippen LogP contribution in [0.3, 0.4) is 0 Å². The second-order valence-electron chi connectivity index (χ2n) is 9.95. The normalized spacial score (nSPS) is 28.1. The predicted octanol–water partition coefficient (Wildman–Crippen LogP) is 6.91. The molecular weight excluding hydrogens is 412 g/mol. The monoisotopic (exact) mass is 441 g/mol. The summed E-state index contributed by atoms with van der Waals surface area (Å²) in [6.07, 6.45) is 7.29. The van der Waals surface area contributed by atoms with Gasteiger partial charge in [-0.2, -0.15) is 0 Å². The molecule has 3 aromatic carbocycles. The molecule has 2 nitrogen and oxygen atoms in total. The highest BCUT2D eigenvalue weighted by Gasteiger charge is 2.53. The van der Waals surface area contributed by atoms with Crippen LogP contribution in [0.15, 0.2) is 99.6 Å². The lowest BCUT2D eigenvalue weighted by Gasteiger charge is -2.55. The molecule has 0 atom stereocenters. The highest BCUT2D eigenvalue weighted by atomic mass is 32.2. The largest absolute Gasteiger partial charge is 0.455 e. The Bertz CT molecular complexity index is 1020. The van der Waals surface area contributed by atoms with Crippen molar-refractivity contribution in [2.75, 3.05) is 0 Å². The molecule has 0 unspecified atom stereocenters. The van der Waals surface area contributed by atoms with E-state index in [0.29, 0.717) is 5.56 Å². The third-order valence-corrected chi connectivity index (χ3v) is 9.81. The molecule has 4 aliphatic carbocycles. The molecule has 0 aliphatic heterocycles. The number of hydrogen-bond acceptors (Lipinski definition) is 2. The zero-order valence-corrected chi connectivity index (χ0v) is 19.1. The molecule has 162 valence electrons. The van der Waals surface area contributed by atoms with Crippen molar-refractivity contribution in [3.63, 3.8) is 0 Å². The van der Waals surface area contributed by atoms with Gasteiger partial charge in [-0.3, -0.25) is 0 Å². The summed E-state index contributed by atoms with van der Waals surface area (Å²) in [5, 5.41) is 0. The molecule has 4 saturated carbocycles. The lowest BCUT2D eigenvalue weighted by Crippen LogP contribution is -2.52. The van der Waals surface area contributed by atoms with Crippen LogP contribution in [0.4, 0.5) is 0 Å². The van der Waals surface area contributed by atoms with E-state index in [-0.39, 0.29) is 22.5 Å². The Morgan fingerprint density at radius 3 is 1.56 bits per heavy atom. The van der Waals surface area contributed by atoms with Crippen LogP contribution < -0.4 is 0 Å². The van der Waals surface area contributed by atoms with Crippen LogP contribution in [0.1, 0.15) is 48.9 Å². The van der Waals surface area contributed by atoms with Crippen LogP contribution in [0, 0.1) is 17.8 Å². The second kappa shape index (κ2) is 8.12. The lowest BCUT2D eigenvalue weighted by molar-refractivity contribution is -0.131. The van der Waals surface area contributed by atoms with Crippen LogP contribution in [0.2, 0.25) is 0 Å². The Hall–Kier alpha value is -2.52. The molecule has 4 aliphatic rings. The van der Waals surface area contributed by atoms with Crippen LogP contribution in [0.5, 0.6) is 0 Å². The summed E-state index contributed by atoms with van der Waals surface area (Å²) < 4.78 is 6.27. The SMILES string of the molecule is O=C(OC12CC3CC(CC(C3)C1)C2)c1ccc([S+](c2ccccc2)c2ccccc2)cc1. The molecule has 0 saturated heterocycles. The van der Waals surface area contributed by atoms with Crippen molar-refractivity contribution in [2.24, 2.45) is 17.8 Å². The Balaban J connectivity index is 1.25. The summed E-state index contributed by atoms with van der Waals surface area (Å²) in [6.45, 7) is 0. The van der Waals surface area contributed by atoms with Crippen LogP contribution in [0.25, 0.3) is 0 Å². The predicted molar refractivity (Wildman–Crippen MR) is 128 cm³/mol. The topological polar surface area (TPSA) is 26.3 Å². The molecule has 4 bridgehead atoms. The third-order valence-electron chi connectivity index (χ3n) is 7.57. The van der Waals surface area contributed by atoms with Gasteiger partial charge in [-0.1, -0.05) is 36.4 Å². The Morgan fingerprint density at radius 2 is 1.09 bits per heavy atom. The molecule has 0 spiro atoms. The number of ether oxygens (including phenoxy) is 1. The van der Waals surface area contributed by atoms with Crippen molar-refractivity contribution in [2.45, 2.75) is 58.8 Å². The van der Waals surface area contributed by atoms with E-state index in [0.717, 1.165) is 37.0 Å². The number of benzene rings is 3. The average molecular weight is 442 g/mol. The summed E-state index contributed by atoms with van der Waals surface area (Å²) in [6, 6.07) is 29.4. The van der Waals surface area contributed by atoms with Gasteiger partial charge in [0, 0.05) is 0 Å².